The van der Waals surface area contributed by atoms with Gasteiger partial charge in [0.15, 0.2) is 6.29 Å². The Morgan fingerprint density at radius 3 is 2.28 bits per heavy atom. The first kappa shape index (κ1) is 12.0. The van der Waals surface area contributed by atoms with Crippen molar-refractivity contribution in [2.75, 3.05) is 5.32 Å². The van der Waals surface area contributed by atoms with Crippen LogP contribution >= 0.6 is 0 Å². The summed E-state index contributed by atoms with van der Waals surface area (Å²) in [6.07, 6.45) is 0.819. The zero-order chi connectivity index (χ0) is 13.0. The second-order valence-electron chi connectivity index (χ2n) is 3.93. The van der Waals surface area contributed by atoms with Gasteiger partial charge in [-0.25, -0.2) is 0 Å². The smallest absolute Gasteiger partial charge is 0.221 e. The van der Waals surface area contributed by atoms with Crippen LogP contribution in [0.1, 0.15) is 17.3 Å². The van der Waals surface area contributed by atoms with Gasteiger partial charge >= 0.3 is 0 Å². The SMILES string of the molecule is CC(=O)Nc1ccccc1-c1ccccc1C=O. The molecule has 0 aliphatic carbocycles. The van der Waals surface area contributed by atoms with Gasteiger partial charge < -0.3 is 5.32 Å². The first-order chi connectivity index (χ1) is 8.72. The Balaban J connectivity index is 2.56. The fourth-order valence-corrected chi connectivity index (χ4v) is 1.86. The van der Waals surface area contributed by atoms with Crippen LogP contribution in [0.25, 0.3) is 11.1 Å². The van der Waals surface area contributed by atoms with Gasteiger partial charge in [0, 0.05) is 23.7 Å². The highest BCUT2D eigenvalue weighted by Gasteiger charge is 2.08. The average Bonchev–Trinajstić information content (AvgIpc) is 2.39. The first-order valence-corrected chi connectivity index (χ1v) is 5.63. The molecule has 0 bridgehead atoms. The Bertz CT molecular complexity index is 591. The number of rotatable bonds is 3. The van der Waals surface area contributed by atoms with Crippen LogP contribution < -0.4 is 5.32 Å². The molecule has 0 aliphatic rings. The van der Waals surface area contributed by atoms with E-state index >= 15 is 0 Å². The molecule has 0 aromatic heterocycles. The fraction of sp³-hybridized carbons (Fsp3) is 0.0667. The van der Waals surface area contributed by atoms with Crippen molar-refractivity contribution in [3.8, 4) is 11.1 Å². The lowest BCUT2D eigenvalue weighted by atomic mass is 9.99. The monoisotopic (exact) mass is 239 g/mol. The van der Waals surface area contributed by atoms with E-state index in [0.717, 1.165) is 17.4 Å². The van der Waals surface area contributed by atoms with Gasteiger partial charge in [0.25, 0.3) is 0 Å². The van der Waals surface area contributed by atoms with Crippen LogP contribution in [-0.4, -0.2) is 12.2 Å². The maximum Gasteiger partial charge on any atom is 0.221 e. The summed E-state index contributed by atoms with van der Waals surface area (Å²) in [7, 11) is 0. The number of benzene rings is 2. The summed E-state index contributed by atoms with van der Waals surface area (Å²) in [5.74, 6) is -0.133. The fourth-order valence-electron chi connectivity index (χ4n) is 1.86. The first-order valence-electron chi connectivity index (χ1n) is 5.63. The molecule has 0 spiro atoms. The summed E-state index contributed by atoms with van der Waals surface area (Å²) in [4.78, 5) is 22.2. The zero-order valence-corrected chi connectivity index (χ0v) is 10.0. The van der Waals surface area contributed by atoms with E-state index < -0.39 is 0 Å². The summed E-state index contributed by atoms with van der Waals surface area (Å²) < 4.78 is 0. The molecule has 1 N–H and O–H groups in total. The summed E-state index contributed by atoms with van der Waals surface area (Å²) in [6, 6.07) is 14.7. The highest BCUT2D eigenvalue weighted by Crippen LogP contribution is 2.29. The number of carbonyl (C=O) groups is 2. The molecule has 0 radical (unpaired) electrons. The molecule has 3 heteroatoms. The van der Waals surface area contributed by atoms with E-state index in [0.29, 0.717) is 11.3 Å². The van der Waals surface area contributed by atoms with Crippen LogP contribution in [0.5, 0.6) is 0 Å². The second-order valence-corrected chi connectivity index (χ2v) is 3.93. The zero-order valence-electron chi connectivity index (χ0n) is 10.0. The maximum atomic E-state index is 11.2. The molecule has 18 heavy (non-hydrogen) atoms. The highest BCUT2D eigenvalue weighted by molar-refractivity contribution is 5.97. The van der Waals surface area contributed by atoms with Crippen LogP contribution in [0.4, 0.5) is 5.69 Å². The predicted octanol–water partition coefficient (Wildman–Crippen LogP) is 3.12. The van der Waals surface area contributed by atoms with Crippen molar-refractivity contribution in [3.63, 3.8) is 0 Å². The van der Waals surface area contributed by atoms with Crippen molar-refractivity contribution >= 4 is 17.9 Å². The standard InChI is InChI=1S/C15H13NO2/c1-11(18)16-15-9-5-4-8-14(15)13-7-3-2-6-12(13)10-17/h2-10H,1H3,(H,16,18). The largest absolute Gasteiger partial charge is 0.326 e. The Morgan fingerprint density at radius 1 is 1.00 bits per heavy atom. The third-order valence-corrected chi connectivity index (χ3v) is 2.62. The van der Waals surface area contributed by atoms with Crippen molar-refractivity contribution in [1.82, 2.24) is 0 Å². The minimum absolute atomic E-state index is 0.133. The van der Waals surface area contributed by atoms with Gasteiger partial charge in [0.2, 0.25) is 5.91 Å². The summed E-state index contributed by atoms with van der Waals surface area (Å²) in [6.45, 7) is 1.46. The number of carbonyl (C=O) groups excluding carboxylic acids is 2. The summed E-state index contributed by atoms with van der Waals surface area (Å²) in [5, 5.41) is 2.77. The van der Waals surface area contributed by atoms with Crippen molar-refractivity contribution in [2.24, 2.45) is 0 Å². The van der Waals surface area contributed by atoms with Crippen LogP contribution in [0.15, 0.2) is 48.5 Å². The van der Waals surface area contributed by atoms with E-state index in [2.05, 4.69) is 5.32 Å². The van der Waals surface area contributed by atoms with Gasteiger partial charge in [-0.3, -0.25) is 9.59 Å². The van der Waals surface area contributed by atoms with Gasteiger partial charge in [0.05, 0.1) is 0 Å². The quantitative estimate of drug-likeness (QED) is 0.836. The van der Waals surface area contributed by atoms with E-state index in [1.54, 1.807) is 6.07 Å². The maximum absolute atomic E-state index is 11.2. The molecule has 2 aromatic rings. The van der Waals surface area contributed by atoms with E-state index in [4.69, 9.17) is 0 Å². The van der Waals surface area contributed by atoms with Crippen LogP contribution in [-0.2, 0) is 4.79 Å². The van der Waals surface area contributed by atoms with E-state index in [1.807, 2.05) is 42.5 Å². The van der Waals surface area contributed by atoms with Gasteiger partial charge in [-0.1, -0.05) is 42.5 Å². The van der Waals surface area contributed by atoms with Gasteiger partial charge in [-0.15, -0.1) is 0 Å². The van der Waals surface area contributed by atoms with Crippen LogP contribution in [0, 0.1) is 0 Å². The van der Waals surface area contributed by atoms with Crippen LogP contribution in [0.3, 0.4) is 0 Å². The lowest BCUT2D eigenvalue weighted by Crippen LogP contribution is -2.07. The highest BCUT2D eigenvalue weighted by atomic mass is 16.1. The number of nitrogens with one attached hydrogen (secondary N) is 1. The van der Waals surface area contributed by atoms with Crippen molar-refractivity contribution < 1.29 is 9.59 Å². The molecular formula is C15H13NO2. The minimum Gasteiger partial charge on any atom is -0.326 e. The Labute approximate surface area is 105 Å². The Hall–Kier alpha value is -2.42. The normalized spacial score (nSPS) is 9.83. The molecule has 0 unspecified atom stereocenters. The van der Waals surface area contributed by atoms with Gasteiger partial charge in [0.1, 0.15) is 0 Å². The number of para-hydroxylation sites is 1. The van der Waals surface area contributed by atoms with Crippen molar-refractivity contribution in [2.45, 2.75) is 6.92 Å². The number of hydrogen-bond acceptors (Lipinski definition) is 2. The molecular weight excluding hydrogens is 226 g/mol. The second kappa shape index (κ2) is 5.27. The topological polar surface area (TPSA) is 46.2 Å². The molecule has 90 valence electrons. The molecule has 1 amide bonds. The average molecular weight is 239 g/mol. The molecule has 0 fully saturated rings. The molecule has 0 atom stereocenters. The van der Waals surface area contributed by atoms with Crippen molar-refractivity contribution in [1.29, 1.82) is 0 Å². The number of amides is 1. The molecule has 0 saturated carbocycles. The Morgan fingerprint density at radius 2 is 1.61 bits per heavy atom. The molecule has 3 nitrogen and oxygen atoms in total. The van der Waals surface area contributed by atoms with Gasteiger partial charge in [-0.2, -0.15) is 0 Å². The van der Waals surface area contributed by atoms with E-state index in [-0.39, 0.29) is 5.91 Å². The molecule has 0 heterocycles. The lowest BCUT2D eigenvalue weighted by molar-refractivity contribution is -0.114. The molecule has 0 aliphatic heterocycles. The number of aldehydes is 1. The molecule has 2 aromatic carbocycles. The lowest BCUT2D eigenvalue weighted by Gasteiger charge is -2.11. The summed E-state index contributed by atoms with van der Waals surface area (Å²) >= 11 is 0. The molecule has 2 rings (SSSR count). The number of anilines is 1. The summed E-state index contributed by atoms with van der Waals surface area (Å²) in [5.41, 5.74) is 2.97. The minimum atomic E-state index is -0.133. The van der Waals surface area contributed by atoms with Crippen LogP contribution in [0.2, 0.25) is 0 Å². The van der Waals surface area contributed by atoms with Crippen molar-refractivity contribution in [3.05, 3.63) is 54.1 Å². The van der Waals surface area contributed by atoms with E-state index in [9.17, 15) is 9.59 Å². The van der Waals surface area contributed by atoms with Gasteiger partial charge in [-0.05, 0) is 11.6 Å². The Kier molecular flexibility index (Phi) is 3.53. The molecule has 0 saturated heterocycles. The predicted molar refractivity (Wildman–Crippen MR) is 71.6 cm³/mol. The van der Waals surface area contributed by atoms with E-state index in [1.165, 1.54) is 6.92 Å². The third-order valence-electron chi connectivity index (χ3n) is 2.62. The third kappa shape index (κ3) is 2.46. The number of hydrogen-bond donors (Lipinski definition) is 1.